The molecule has 1 atom stereocenters. The van der Waals surface area contributed by atoms with Crippen LogP contribution in [-0.2, 0) is 11.8 Å². The van der Waals surface area contributed by atoms with Crippen LogP contribution < -0.4 is 0 Å². The molecule has 67 heavy (non-hydrogen) atoms. The van der Waals surface area contributed by atoms with Crippen LogP contribution in [0.1, 0.15) is 54.0 Å². The largest absolute Gasteiger partial charge is 0.456 e. The second-order valence-corrected chi connectivity index (χ2v) is 18.8. The normalized spacial score (nSPS) is 13.1. The van der Waals surface area contributed by atoms with Gasteiger partial charge in [-0.25, -0.2) is 0 Å². The highest BCUT2D eigenvalue weighted by Crippen LogP contribution is 2.51. The van der Waals surface area contributed by atoms with Crippen molar-refractivity contribution in [1.29, 1.82) is 0 Å². The highest BCUT2D eigenvalue weighted by atomic mass is 16.3. The lowest BCUT2D eigenvalue weighted by molar-refractivity contribution is 0.654. The lowest BCUT2D eigenvalue weighted by atomic mass is 9.79. The van der Waals surface area contributed by atoms with Gasteiger partial charge in [0.2, 0.25) is 0 Å². The first-order valence-corrected chi connectivity index (χ1v) is 23.6. The lowest BCUT2D eigenvalue weighted by Crippen LogP contribution is -2.16. The maximum atomic E-state index is 6.09. The summed E-state index contributed by atoms with van der Waals surface area (Å²) in [6.07, 6.45) is 1.97. The zero-order valence-electron chi connectivity index (χ0n) is 37.9. The molecule has 0 amide bonds. The minimum absolute atomic E-state index is 0.125. The number of para-hydroxylation sites is 1. The molecule has 0 aliphatic heterocycles. The molecule has 1 aliphatic carbocycles. The van der Waals surface area contributed by atoms with Gasteiger partial charge in [0.1, 0.15) is 11.2 Å². The van der Waals surface area contributed by atoms with Gasteiger partial charge in [-0.15, -0.1) is 0 Å². The summed E-state index contributed by atoms with van der Waals surface area (Å²) < 4.78 is 6.09. The van der Waals surface area contributed by atoms with Crippen molar-refractivity contribution < 1.29 is 4.42 Å². The summed E-state index contributed by atoms with van der Waals surface area (Å²) in [5.74, 6) is 0.223. The molecular weight excluding hydrogens is 809 g/mol. The van der Waals surface area contributed by atoms with E-state index in [2.05, 4.69) is 238 Å². The Hall–Kier alpha value is -8.00. The van der Waals surface area contributed by atoms with E-state index in [0.717, 1.165) is 34.8 Å². The van der Waals surface area contributed by atoms with E-state index in [1.54, 1.807) is 0 Å². The molecule has 0 radical (unpaired) electrons. The van der Waals surface area contributed by atoms with Gasteiger partial charge in [-0.05, 0) is 138 Å². The van der Waals surface area contributed by atoms with Crippen LogP contribution in [0, 0.1) is 0 Å². The fraction of sp³-hybridized carbons (Fsp3) is 0.0909. The van der Waals surface area contributed by atoms with Crippen LogP contribution in [0.3, 0.4) is 0 Å². The topological polar surface area (TPSA) is 13.1 Å². The second kappa shape index (κ2) is 16.8. The van der Waals surface area contributed by atoms with Crippen molar-refractivity contribution >= 4 is 21.9 Å². The van der Waals surface area contributed by atoms with Gasteiger partial charge >= 0.3 is 0 Å². The molecule has 1 unspecified atom stereocenters. The summed E-state index contributed by atoms with van der Waals surface area (Å²) in [6, 6.07) is 87.1. The first kappa shape index (κ1) is 40.5. The van der Waals surface area contributed by atoms with Crippen LogP contribution >= 0.6 is 0 Å². The molecule has 320 valence electrons. The molecule has 0 N–H and O–H groups in total. The molecule has 12 rings (SSSR count). The predicted molar refractivity (Wildman–Crippen MR) is 282 cm³/mol. The Morgan fingerprint density at radius 3 is 1.46 bits per heavy atom. The van der Waals surface area contributed by atoms with E-state index in [-0.39, 0.29) is 11.3 Å². The van der Waals surface area contributed by atoms with Gasteiger partial charge in [-0.1, -0.05) is 220 Å². The molecule has 0 fully saturated rings. The van der Waals surface area contributed by atoms with Crippen molar-refractivity contribution in [2.24, 2.45) is 0 Å². The molecule has 10 aromatic carbocycles. The molecule has 1 heteroatoms. The predicted octanol–water partition coefficient (Wildman–Crippen LogP) is 18.0. The van der Waals surface area contributed by atoms with Gasteiger partial charge < -0.3 is 4.42 Å². The van der Waals surface area contributed by atoms with Gasteiger partial charge in [0.25, 0.3) is 0 Å². The maximum absolute atomic E-state index is 6.09. The summed E-state index contributed by atoms with van der Waals surface area (Å²) in [5.41, 5.74) is 23.6. The van der Waals surface area contributed by atoms with Crippen LogP contribution in [0.5, 0.6) is 0 Å². The number of rotatable bonds is 10. The number of benzene rings is 10. The first-order valence-electron chi connectivity index (χ1n) is 23.6. The van der Waals surface area contributed by atoms with Crippen LogP contribution in [-0.4, -0.2) is 0 Å². The highest BCUT2D eigenvalue weighted by molar-refractivity contribution is 6.06. The molecular formula is C66H50O. The van der Waals surface area contributed by atoms with Crippen molar-refractivity contribution in [3.8, 4) is 66.8 Å². The lowest BCUT2D eigenvalue weighted by Gasteiger charge is -2.25. The van der Waals surface area contributed by atoms with E-state index in [1.807, 2.05) is 12.1 Å². The quantitative estimate of drug-likeness (QED) is 0.134. The maximum Gasteiger partial charge on any atom is 0.135 e. The highest BCUT2D eigenvalue weighted by Gasteiger charge is 2.36. The zero-order chi connectivity index (χ0) is 44.9. The number of aryl methyl sites for hydroxylation is 1. The summed E-state index contributed by atoms with van der Waals surface area (Å²) >= 11 is 0. The third kappa shape index (κ3) is 7.57. The minimum Gasteiger partial charge on any atom is -0.456 e. The van der Waals surface area contributed by atoms with E-state index in [4.69, 9.17) is 4.42 Å². The fourth-order valence-corrected chi connectivity index (χ4v) is 10.7. The van der Waals surface area contributed by atoms with E-state index in [0.29, 0.717) is 0 Å². The molecule has 11 aromatic rings. The molecule has 0 saturated heterocycles. The monoisotopic (exact) mass is 858 g/mol. The molecule has 0 bridgehead atoms. The number of hydrogen-bond donors (Lipinski definition) is 0. The molecule has 1 aliphatic rings. The Morgan fingerprint density at radius 2 is 0.791 bits per heavy atom. The molecule has 0 saturated carbocycles. The minimum atomic E-state index is -0.125. The van der Waals surface area contributed by atoms with Crippen molar-refractivity contribution in [3.63, 3.8) is 0 Å². The van der Waals surface area contributed by atoms with Crippen LogP contribution in [0.2, 0.25) is 0 Å². The Morgan fingerprint density at radius 1 is 0.343 bits per heavy atom. The SMILES string of the molecule is CC1(C)c2cc(-c3ccccc3)ccc2-c2ccc(C(CCc3ccc(-c4ccc(-c5ccc6oc7ccccc7c6c5)cc4)cc3)c3ccc(-c4cccc(-c5ccccc5)c4)cc3)cc21. The third-order valence-electron chi connectivity index (χ3n) is 14.4. The summed E-state index contributed by atoms with van der Waals surface area (Å²) in [4.78, 5) is 0. The van der Waals surface area contributed by atoms with Crippen molar-refractivity contribution in [2.75, 3.05) is 0 Å². The van der Waals surface area contributed by atoms with E-state index < -0.39 is 0 Å². The Balaban J connectivity index is 0.828. The standard InChI is InChI=1S/C66H50O/c1-66(2)62-42-55(46-14-7-4-8-15-46)33-37-58(62)59-38-34-56(43-63(59)66)57(51-31-29-49(30-32-51)53-17-11-16-52(40-53)45-12-5-3-6-13-45)36-22-44-20-23-47(24-21-44)48-25-27-50(28-26-48)54-35-39-65-61(41-54)60-18-9-10-19-64(60)67-65/h3-21,23-35,37-43,57H,22,36H2,1-2H3. The average Bonchev–Trinajstić information content (AvgIpc) is 3.88. The zero-order valence-corrected chi connectivity index (χ0v) is 37.9. The van der Waals surface area contributed by atoms with Gasteiger partial charge in [-0.2, -0.15) is 0 Å². The van der Waals surface area contributed by atoms with E-state index in [1.165, 1.54) is 94.6 Å². The summed E-state index contributed by atoms with van der Waals surface area (Å²) in [6.45, 7) is 4.81. The molecule has 1 nitrogen and oxygen atoms in total. The number of hydrogen-bond acceptors (Lipinski definition) is 1. The summed E-state index contributed by atoms with van der Waals surface area (Å²) in [7, 11) is 0. The molecule has 1 heterocycles. The van der Waals surface area contributed by atoms with Crippen LogP contribution in [0.4, 0.5) is 0 Å². The fourth-order valence-electron chi connectivity index (χ4n) is 10.7. The smallest absolute Gasteiger partial charge is 0.135 e. The van der Waals surface area contributed by atoms with Gasteiger partial charge in [0.15, 0.2) is 0 Å². The van der Waals surface area contributed by atoms with Crippen LogP contribution in [0.25, 0.3) is 88.7 Å². The third-order valence-corrected chi connectivity index (χ3v) is 14.4. The number of fused-ring (bicyclic) bond motifs is 6. The molecule has 1 aromatic heterocycles. The average molecular weight is 859 g/mol. The van der Waals surface area contributed by atoms with Gasteiger partial charge in [0, 0.05) is 22.1 Å². The second-order valence-electron chi connectivity index (χ2n) is 18.8. The Kier molecular flexibility index (Phi) is 10.1. The van der Waals surface area contributed by atoms with Gasteiger partial charge in [-0.3, -0.25) is 0 Å². The molecule has 0 spiro atoms. The van der Waals surface area contributed by atoms with Crippen LogP contribution in [0.15, 0.2) is 241 Å². The Bertz CT molecular complexity index is 3560. The Labute approximate surface area is 393 Å². The van der Waals surface area contributed by atoms with E-state index >= 15 is 0 Å². The number of furan rings is 1. The summed E-state index contributed by atoms with van der Waals surface area (Å²) in [5, 5.41) is 2.31. The van der Waals surface area contributed by atoms with Crippen molar-refractivity contribution in [2.45, 2.75) is 38.0 Å². The van der Waals surface area contributed by atoms with Crippen molar-refractivity contribution in [1.82, 2.24) is 0 Å². The van der Waals surface area contributed by atoms with Gasteiger partial charge in [0.05, 0.1) is 0 Å². The first-order chi connectivity index (χ1) is 32.9. The van der Waals surface area contributed by atoms with Crippen molar-refractivity contribution in [3.05, 3.63) is 264 Å². The van der Waals surface area contributed by atoms with E-state index in [9.17, 15) is 0 Å².